The Morgan fingerprint density at radius 2 is 1.81 bits per heavy atom. The van der Waals surface area contributed by atoms with E-state index in [-0.39, 0.29) is 52.1 Å². The van der Waals surface area contributed by atoms with Crippen LogP contribution in [-0.2, 0) is 14.8 Å². The summed E-state index contributed by atoms with van der Waals surface area (Å²) in [4.78, 5) is 23.9. The number of amides is 1. The Labute approximate surface area is 215 Å². The minimum Gasteiger partial charge on any atom is -0.476 e. The number of rotatable bonds is 10. The van der Waals surface area contributed by atoms with Gasteiger partial charge in [0, 0.05) is 23.7 Å². The highest BCUT2D eigenvalue weighted by Crippen LogP contribution is 2.36. The van der Waals surface area contributed by atoms with Gasteiger partial charge in [0.1, 0.15) is 10.6 Å². The number of carboxylic acid groups (broad SMARTS) is 1. The minimum atomic E-state index is -4.05. The fraction of sp³-hybridized carbons (Fsp3) is 0.346. The van der Waals surface area contributed by atoms with Crippen LogP contribution >= 0.6 is 0 Å². The van der Waals surface area contributed by atoms with Gasteiger partial charge < -0.3 is 15.2 Å². The average molecular weight is 527 g/mol. The van der Waals surface area contributed by atoms with Crippen molar-refractivity contribution >= 4 is 27.6 Å². The number of hydrogen-bond donors (Lipinski definition) is 3. The second-order valence-corrected chi connectivity index (χ2v) is 11.3. The molecule has 4 rings (SSSR count). The van der Waals surface area contributed by atoms with Gasteiger partial charge in [0.15, 0.2) is 5.69 Å². The van der Waals surface area contributed by atoms with Gasteiger partial charge in [0.2, 0.25) is 21.8 Å². The fourth-order valence-electron chi connectivity index (χ4n) is 3.59. The highest BCUT2D eigenvalue weighted by Gasteiger charge is 2.31. The molecule has 0 spiro atoms. The standard InChI is InChI=1S/C26H30N4O6S/c1-15(2)14-27-37(34,35)22-13-19(28-24(31)18-7-8-18)9-12-21(22)36-25-17(4)23(26(32)33)29-30(25)20-10-5-16(3)6-11-20/h5-6,9-13,15,18,27H,7-8,14H2,1-4H3,(H,28,31)(H,32,33). The maximum absolute atomic E-state index is 13.3. The molecule has 3 N–H and O–H groups in total. The number of sulfonamides is 1. The molecule has 0 atom stereocenters. The molecule has 0 saturated heterocycles. The second-order valence-electron chi connectivity index (χ2n) is 9.60. The molecule has 11 heteroatoms. The molecule has 0 bridgehead atoms. The van der Waals surface area contributed by atoms with E-state index < -0.39 is 16.0 Å². The molecule has 1 amide bonds. The molecule has 1 aromatic heterocycles. The highest BCUT2D eigenvalue weighted by molar-refractivity contribution is 7.89. The van der Waals surface area contributed by atoms with Crippen molar-refractivity contribution in [2.75, 3.05) is 11.9 Å². The summed E-state index contributed by atoms with van der Waals surface area (Å²) in [5.74, 6) is -1.37. The Morgan fingerprint density at radius 3 is 2.41 bits per heavy atom. The van der Waals surface area contributed by atoms with E-state index in [4.69, 9.17) is 4.74 Å². The Hall–Kier alpha value is -3.70. The van der Waals surface area contributed by atoms with Gasteiger partial charge in [-0.3, -0.25) is 4.79 Å². The topological polar surface area (TPSA) is 140 Å². The molecule has 0 aliphatic heterocycles. The Morgan fingerprint density at radius 1 is 1.14 bits per heavy atom. The Kier molecular flexibility index (Phi) is 7.37. The van der Waals surface area contributed by atoms with Crippen LogP contribution in [0, 0.1) is 25.7 Å². The van der Waals surface area contributed by atoms with Gasteiger partial charge in [0.05, 0.1) is 5.69 Å². The van der Waals surface area contributed by atoms with Gasteiger partial charge >= 0.3 is 5.97 Å². The molecule has 0 radical (unpaired) electrons. The summed E-state index contributed by atoms with van der Waals surface area (Å²) in [6.45, 7) is 7.42. The van der Waals surface area contributed by atoms with Crippen molar-refractivity contribution in [3.05, 3.63) is 59.3 Å². The number of aromatic nitrogens is 2. The van der Waals surface area contributed by atoms with E-state index in [2.05, 4.69) is 15.1 Å². The number of benzene rings is 2. The molecule has 1 saturated carbocycles. The number of nitrogens with zero attached hydrogens (tertiary/aromatic N) is 2. The van der Waals surface area contributed by atoms with E-state index in [9.17, 15) is 23.1 Å². The van der Waals surface area contributed by atoms with Crippen LogP contribution in [-0.4, -0.2) is 41.7 Å². The highest BCUT2D eigenvalue weighted by atomic mass is 32.2. The number of carbonyl (C=O) groups is 2. The van der Waals surface area contributed by atoms with Gasteiger partial charge in [-0.2, -0.15) is 9.78 Å². The zero-order chi connectivity index (χ0) is 26.9. The number of aromatic carboxylic acids is 1. The third kappa shape index (κ3) is 6.00. The zero-order valence-corrected chi connectivity index (χ0v) is 21.9. The number of nitrogens with one attached hydrogen (secondary N) is 2. The van der Waals surface area contributed by atoms with Gasteiger partial charge in [-0.05, 0) is 62.9 Å². The van der Waals surface area contributed by atoms with E-state index in [1.807, 2.05) is 32.9 Å². The van der Waals surface area contributed by atoms with Crippen molar-refractivity contribution in [2.24, 2.45) is 11.8 Å². The molecule has 1 aliphatic carbocycles. The first-order valence-electron chi connectivity index (χ1n) is 12.0. The SMILES string of the molecule is Cc1ccc(-n2nc(C(=O)O)c(C)c2Oc2ccc(NC(=O)C3CC3)cc2S(=O)(=O)NCC(C)C)cc1. The van der Waals surface area contributed by atoms with Gasteiger partial charge in [-0.1, -0.05) is 31.5 Å². The largest absolute Gasteiger partial charge is 0.476 e. The monoisotopic (exact) mass is 526 g/mol. The summed E-state index contributed by atoms with van der Waals surface area (Å²) in [5, 5.41) is 16.6. The molecule has 2 aromatic carbocycles. The summed E-state index contributed by atoms with van der Waals surface area (Å²) in [5.41, 5.74) is 1.89. The maximum Gasteiger partial charge on any atom is 0.356 e. The molecule has 37 heavy (non-hydrogen) atoms. The number of hydrogen-bond acceptors (Lipinski definition) is 6. The van der Waals surface area contributed by atoms with Crippen molar-refractivity contribution in [3.63, 3.8) is 0 Å². The summed E-state index contributed by atoms with van der Waals surface area (Å²) < 4.78 is 36.6. The quantitative estimate of drug-likeness (QED) is 0.359. The lowest BCUT2D eigenvalue weighted by Gasteiger charge is -2.16. The maximum atomic E-state index is 13.3. The average Bonchev–Trinajstić information content (AvgIpc) is 3.64. The Bertz CT molecular complexity index is 1440. The van der Waals surface area contributed by atoms with Gasteiger partial charge in [-0.25, -0.2) is 17.9 Å². The molecule has 1 fully saturated rings. The van der Waals surface area contributed by atoms with Gasteiger partial charge in [-0.15, -0.1) is 0 Å². The number of carboxylic acids is 1. The number of aryl methyl sites for hydroxylation is 1. The molecule has 196 valence electrons. The molecule has 10 nitrogen and oxygen atoms in total. The second kappa shape index (κ2) is 10.3. The van der Waals surface area contributed by atoms with Crippen LogP contribution in [0.1, 0.15) is 48.3 Å². The first-order valence-corrected chi connectivity index (χ1v) is 13.5. The fourth-order valence-corrected chi connectivity index (χ4v) is 4.96. The van der Waals surface area contributed by atoms with Crippen LogP contribution in [0.4, 0.5) is 5.69 Å². The Balaban J connectivity index is 1.80. The molecule has 1 heterocycles. The first-order chi connectivity index (χ1) is 17.5. The number of anilines is 1. The lowest BCUT2D eigenvalue weighted by molar-refractivity contribution is -0.117. The van der Waals surface area contributed by atoms with Crippen molar-refractivity contribution in [3.8, 4) is 17.3 Å². The van der Waals surface area contributed by atoms with Crippen LogP contribution in [0.5, 0.6) is 11.6 Å². The summed E-state index contributed by atoms with van der Waals surface area (Å²) in [6, 6.07) is 11.6. The van der Waals surface area contributed by atoms with Crippen molar-refractivity contribution in [1.82, 2.24) is 14.5 Å². The minimum absolute atomic E-state index is 0.0334. The van der Waals surface area contributed by atoms with E-state index in [1.54, 1.807) is 25.1 Å². The predicted molar refractivity (Wildman–Crippen MR) is 138 cm³/mol. The molecule has 1 aliphatic rings. The zero-order valence-electron chi connectivity index (χ0n) is 21.1. The molecular formula is C26H30N4O6S. The summed E-state index contributed by atoms with van der Waals surface area (Å²) >= 11 is 0. The number of ether oxygens (including phenoxy) is 1. The van der Waals surface area contributed by atoms with Crippen LogP contribution in [0.3, 0.4) is 0 Å². The normalized spacial score (nSPS) is 13.5. The van der Waals surface area contributed by atoms with Crippen molar-refractivity contribution in [1.29, 1.82) is 0 Å². The van der Waals surface area contributed by atoms with Crippen LogP contribution in [0.25, 0.3) is 5.69 Å². The molecular weight excluding hydrogens is 496 g/mol. The molecule has 3 aromatic rings. The van der Waals surface area contributed by atoms with Crippen LogP contribution < -0.4 is 14.8 Å². The lowest BCUT2D eigenvalue weighted by atomic mass is 10.2. The van der Waals surface area contributed by atoms with E-state index in [1.165, 1.54) is 16.8 Å². The third-order valence-electron chi connectivity index (χ3n) is 5.89. The lowest BCUT2D eigenvalue weighted by Crippen LogP contribution is -2.28. The van der Waals surface area contributed by atoms with Crippen molar-refractivity contribution < 1.29 is 27.9 Å². The molecule has 0 unspecified atom stereocenters. The first kappa shape index (κ1) is 26.4. The van der Waals surface area contributed by atoms with E-state index in [0.717, 1.165) is 18.4 Å². The van der Waals surface area contributed by atoms with Crippen molar-refractivity contribution in [2.45, 2.75) is 45.4 Å². The number of carbonyl (C=O) groups excluding carboxylic acids is 1. The predicted octanol–water partition coefficient (Wildman–Crippen LogP) is 4.26. The van der Waals surface area contributed by atoms with E-state index in [0.29, 0.717) is 11.4 Å². The van der Waals surface area contributed by atoms with Crippen LogP contribution in [0.15, 0.2) is 47.4 Å². The van der Waals surface area contributed by atoms with Gasteiger partial charge in [0.25, 0.3) is 0 Å². The third-order valence-corrected chi connectivity index (χ3v) is 7.33. The van der Waals surface area contributed by atoms with Crippen LogP contribution in [0.2, 0.25) is 0 Å². The summed E-state index contributed by atoms with van der Waals surface area (Å²) in [7, 11) is -4.05. The van der Waals surface area contributed by atoms with E-state index >= 15 is 0 Å². The summed E-state index contributed by atoms with van der Waals surface area (Å²) in [6.07, 6.45) is 1.62. The smallest absolute Gasteiger partial charge is 0.356 e.